The lowest BCUT2D eigenvalue weighted by molar-refractivity contribution is 0.301. The van der Waals surface area contributed by atoms with Crippen molar-refractivity contribution in [2.24, 2.45) is 5.73 Å². The molecule has 1 aromatic carbocycles. The van der Waals surface area contributed by atoms with Crippen LogP contribution >= 0.6 is 24.2 Å². The van der Waals surface area contributed by atoms with Crippen molar-refractivity contribution >= 4 is 29.9 Å². The number of benzene rings is 1. The summed E-state index contributed by atoms with van der Waals surface area (Å²) in [6.45, 7) is 2.36. The van der Waals surface area contributed by atoms with Gasteiger partial charge in [-0.2, -0.15) is 0 Å². The molecular formula is C11H13ClFNOS. The van der Waals surface area contributed by atoms with Crippen molar-refractivity contribution in [1.29, 1.82) is 0 Å². The molecule has 0 fully saturated rings. The molecule has 0 aliphatic carbocycles. The predicted octanol–water partition coefficient (Wildman–Crippen LogP) is 3.45. The Hall–Kier alpha value is -0.870. The number of hydrogen-bond donors (Lipinski definition) is 2. The second-order valence-electron chi connectivity index (χ2n) is 3.20. The average molecular weight is 262 g/mol. The van der Waals surface area contributed by atoms with Crippen molar-refractivity contribution in [1.82, 2.24) is 0 Å². The van der Waals surface area contributed by atoms with Crippen LogP contribution in [0.5, 0.6) is 5.75 Å². The molecule has 0 radical (unpaired) electrons. The highest BCUT2D eigenvalue weighted by Gasteiger charge is 2.11. The van der Waals surface area contributed by atoms with Gasteiger partial charge >= 0.3 is 0 Å². The minimum atomic E-state index is -0.519. The highest BCUT2D eigenvalue weighted by molar-refractivity contribution is 7.83. The van der Waals surface area contributed by atoms with E-state index in [4.69, 9.17) is 22.1 Å². The van der Waals surface area contributed by atoms with Crippen LogP contribution in [0.2, 0.25) is 5.02 Å². The molecular weight excluding hydrogens is 249 g/mol. The first-order valence-corrected chi connectivity index (χ1v) is 5.71. The van der Waals surface area contributed by atoms with Crippen LogP contribution in [0.1, 0.15) is 18.9 Å². The van der Waals surface area contributed by atoms with Gasteiger partial charge in [-0.15, -0.1) is 12.6 Å². The summed E-state index contributed by atoms with van der Waals surface area (Å²) in [5, 5.41) is 1.60. The molecule has 1 aromatic rings. The molecule has 0 saturated heterocycles. The van der Waals surface area contributed by atoms with Crippen molar-refractivity contribution in [3.8, 4) is 5.75 Å². The minimum absolute atomic E-state index is 0.0687. The lowest BCUT2D eigenvalue weighted by Crippen LogP contribution is -2.01. The highest BCUT2D eigenvalue weighted by Crippen LogP contribution is 2.31. The molecule has 2 nitrogen and oxygen atoms in total. The summed E-state index contributed by atoms with van der Waals surface area (Å²) in [6.07, 6.45) is 0.788. The number of halogens is 2. The molecule has 0 aliphatic rings. The van der Waals surface area contributed by atoms with E-state index >= 15 is 0 Å². The van der Waals surface area contributed by atoms with Gasteiger partial charge in [0.15, 0.2) is 11.6 Å². The monoisotopic (exact) mass is 261 g/mol. The van der Waals surface area contributed by atoms with E-state index in [0.717, 1.165) is 6.42 Å². The number of nitrogens with two attached hydrogens (primary N) is 1. The van der Waals surface area contributed by atoms with Crippen molar-refractivity contribution in [2.75, 3.05) is 6.61 Å². The van der Waals surface area contributed by atoms with Gasteiger partial charge < -0.3 is 10.5 Å². The smallest absolute Gasteiger partial charge is 0.173 e. The Morgan fingerprint density at radius 1 is 1.62 bits per heavy atom. The first kappa shape index (κ1) is 13.2. The van der Waals surface area contributed by atoms with Gasteiger partial charge in [0, 0.05) is 11.3 Å². The van der Waals surface area contributed by atoms with Crippen molar-refractivity contribution in [2.45, 2.75) is 13.3 Å². The Bertz CT molecular complexity index is 386. The number of rotatable bonds is 4. The predicted molar refractivity (Wildman–Crippen MR) is 68.3 cm³/mol. The summed E-state index contributed by atoms with van der Waals surface area (Å²) in [4.78, 5) is 0. The first-order valence-electron chi connectivity index (χ1n) is 4.82. The molecule has 0 unspecified atom stereocenters. The van der Waals surface area contributed by atoms with Crippen LogP contribution in [-0.4, -0.2) is 6.61 Å². The van der Waals surface area contributed by atoms with Gasteiger partial charge in [-0.25, -0.2) is 4.39 Å². The van der Waals surface area contributed by atoms with Gasteiger partial charge in [0.1, 0.15) is 0 Å². The van der Waals surface area contributed by atoms with Crippen LogP contribution in [0.25, 0.3) is 5.70 Å². The Labute approximate surface area is 105 Å². The summed E-state index contributed by atoms with van der Waals surface area (Å²) in [7, 11) is 0. The third kappa shape index (κ3) is 3.06. The van der Waals surface area contributed by atoms with Crippen LogP contribution in [0.15, 0.2) is 17.5 Å². The van der Waals surface area contributed by atoms with Gasteiger partial charge in [-0.05, 0) is 24.0 Å². The molecule has 0 aromatic heterocycles. The number of thiol groups is 1. The first-order chi connectivity index (χ1) is 7.60. The second-order valence-corrected chi connectivity index (χ2v) is 3.87. The van der Waals surface area contributed by atoms with Gasteiger partial charge in [-0.1, -0.05) is 18.5 Å². The third-order valence-corrected chi connectivity index (χ3v) is 2.48. The minimum Gasteiger partial charge on any atom is -0.489 e. The summed E-state index contributed by atoms with van der Waals surface area (Å²) >= 11 is 9.79. The molecule has 0 aliphatic heterocycles. The second kappa shape index (κ2) is 6.01. The van der Waals surface area contributed by atoms with Gasteiger partial charge in [0.2, 0.25) is 0 Å². The zero-order chi connectivity index (χ0) is 12.1. The lowest BCUT2D eigenvalue weighted by atomic mass is 10.1. The maximum atomic E-state index is 13.6. The van der Waals surface area contributed by atoms with Crippen LogP contribution < -0.4 is 10.5 Å². The maximum absolute atomic E-state index is 13.6. The maximum Gasteiger partial charge on any atom is 0.173 e. The molecule has 5 heteroatoms. The van der Waals surface area contributed by atoms with Gasteiger partial charge in [0.25, 0.3) is 0 Å². The summed E-state index contributed by atoms with van der Waals surface area (Å²) in [5.74, 6) is -0.451. The Morgan fingerprint density at radius 3 is 2.81 bits per heavy atom. The fourth-order valence-electron chi connectivity index (χ4n) is 1.14. The lowest BCUT2D eigenvalue weighted by Gasteiger charge is -2.10. The molecule has 0 amide bonds. The Kier molecular flexibility index (Phi) is 4.96. The Balaban J connectivity index is 3.07. The molecule has 16 heavy (non-hydrogen) atoms. The zero-order valence-corrected chi connectivity index (χ0v) is 10.5. The number of hydrogen-bond acceptors (Lipinski definition) is 3. The van der Waals surface area contributed by atoms with E-state index in [0.29, 0.717) is 17.9 Å². The third-order valence-electron chi connectivity index (χ3n) is 1.92. The van der Waals surface area contributed by atoms with E-state index in [1.807, 2.05) is 6.92 Å². The van der Waals surface area contributed by atoms with Crippen molar-refractivity contribution in [3.63, 3.8) is 0 Å². The largest absolute Gasteiger partial charge is 0.489 e. The van der Waals surface area contributed by atoms with E-state index in [9.17, 15) is 4.39 Å². The number of ether oxygens (including phenoxy) is 1. The zero-order valence-electron chi connectivity index (χ0n) is 8.84. The SMILES string of the molecule is CCCOc1c(F)cc(/C(N)=C/S)cc1Cl. The van der Waals surface area contributed by atoms with Crippen LogP contribution in [-0.2, 0) is 0 Å². The molecule has 0 spiro atoms. The van der Waals surface area contributed by atoms with Crippen molar-refractivity contribution in [3.05, 3.63) is 33.9 Å². The molecule has 2 N–H and O–H groups in total. The van der Waals surface area contributed by atoms with Gasteiger partial charge in [-0.3, -0.25) is 0 Å². The van der Waals surface area contributed by atoms with E-state index in [1.165, 1.54) is 11.5 Å². The van der Waals surface area contributed by atoms with E-state index in [1.54, 1.807) is 6.07 Å². The quantitative estimate of drug-likeness (QED) is 0.815. The van der Waals surface area contributed by atoms with Crippen LogP contribution in [0, 0.1) is 5.82 Å². The Morgan fingerprint density at radius 2 is 2.31 bits per heavy atom. The van der Waals surface area contributed by atoms with Gasteiger partial charge in [0.05, 0.1) is 11.6 Å². The topological polar surface area (TPSA) is 35.2 Å². The fourth-order valence-corrected chi connectivity index (χ4v) is 1.55. The molecule has 88 valence electrons. The van der Waals surface area contributed by atoms with Crippen LogP contribution in [0.4, 0.5) is 4.39 Å². The van der Waals surface area contributed by atoms with E-state index in [2.05, 4.69) is 12.6 Å². The van der Waals surface area contributed by atoms with E-state index in [-0.39, 0.29) is 10.8 Å². The molecule has 0 saturated carbocycles. The normalized spacial score (nSPS) is 11.6. The summed E-state index contributed by atoms with van der Waals surface area (Å²) in [5.41, 5.74) is 6.44. The fraction of sp³-hybridized carbons (Fsp3) is 0.273. The molecule has 0 bridgehead atoms. The average Bonchev–Trinajstić information content (AvgIpc) is 2.26. The van der Waals surface area contributed by atoms with Crippen LogP contribution in [0.3, 0.4) is 0 Å². The summed E-state index contributed by atoms with van der Waals surface area (Å²) < 4.78 is 18.8. The van der Waals surface area contributed by atoms with Crippen molar-refractivity contribution < 1.29 is 9.13 Å². The molecule has 0 atom stereocenters. The highest BCUT2D eigenvalue weighted by atomic mass is 35.5. The summed E-state index contributed by atoms with van der Waals surface area (Å²) in [6, 6.07) is 2.83. The standard InChI is InChI=1S/C11H13ClFNOS/c1-2-3-15-11-8(12)4-7(5-9(11)13)10(14)6-16/h4-6,16H,2-3,14H2,1H3/b10-6-. The van der Waals surface area contributed by atoms with E-state index < -0.39 is 5.82 Å². The molecule has 1 rings (SSSR count). The molecule has 0 heterocycles.